The van der Waals surface area contributed by atoms with Crippen LogP contribution in [0.5, 0.6) is 0 Å². The van der Waals surface area contributed by atoms with Crippen molar-refractivity contribution in [2.45, 2.75) is 19.4 Å². The summed E-state index contributed by atoms with van der Waals surface area (Å²) in [6.07, 6.45) is 4.43. The molecular weight excluding hydrogens is 316 g/mol. The van der Waals surface area contributed by atoms with Crippen molar-refractivity contribution in [1.82, 2.24) is 14.8 Å². The number of pyridine rings is 1. The average molecular weight is 331 g/mol. The van der Waals surface area contributed by atoms with Gasteiger partial charge in [-0.2, -0.15) is 5.10 Å². The predicted molar refractivity (Wildman–Crippen MR) is 83.9 cm³/mol. The van der Waals surface area contributed by atoms with Crippen LogP contribution >= 0.6 is 15.9 Å². The predicted octanol–water partition coefficient (Wildman–Crippen LogP) is 3.07. The van der Waals surface area contributed by atoms with Gasteiger partial charge in [-0.25, -0.2) is 9.67 Å². The molecule has 20 heavy (non-hydrogen) atoms. The Balaban J connectivity index is 2.21. The van der Waals surface area contributed by atoms with E-state index in [0.29, 0.717) is 0 Å². The topological polar surface area (TPSA) is 56.7 Å². The molecule has 0 bridgehead atoms. The molecule has 0 aliphatic heterocycles. The van der Waals surface area contributed by atoms with Gasteiger partial charge in [-0.1, -0.05) is 18.2 Å². The summed E-state index contributed by atoms with van der Waals surface area (Å²) in [5, 5.41) is 5.45. The Kier molecular flexibility index (Phi) is 3.54. The zero-order valence-electron chi connectivity index (χ0n) is 11.1. The molecular formula is C15H15BrN4. The number of fused-ring (bicyclic) bond motifs is 1. The summed E-state index contributed by atoms with van der Waals surface area (Å²) in [5.74, 6) is 0.840. The lowest BCUT2D eigenvalue weighted by Gasteiger charge is -2.12. The van der Waals surface area contributed by atoms with Crippen LogP contribution in [0.3, 0.4) is 0 Å². The number of nitrogens with zero attached hydrogens (tertiary/aromatic N) is 3. The summed E-state index contributed by atoms with van der Waals surface area (Å²) in [6, 6.07) is 10.3. The van der Waals surface area contributed by atoms with E-state index in [1.807, 2.05) is 31.3 Å². The normalized spacial score (nSPS) is 12.8. The van der Waals surface area contributed by atoms with Gasteiger partial charge < -0.3 is 5.73 Å². The van der Waals surface area contributed by atoms with Crippen molar-refractivity contribution >= 4 is 26.8 Å². The zero-order valence-corrected chi connectivity index (χ0v) is 12.7. The van der Waals surface area contributed by atoms with Crippen molar-refractivity contribution in [3.05, 3.63) is 52.8 Å². The molecule has 0 spiro atoms. The van der Waals surface area contributed by atoms with Crippen molar-refractivity contribution in [1.29, 1.82) is 0 Å². The van der Waals surface area contributed by atoms with Crippen molar-refractivity contribution in [2.75, 3.05) is 0 Å². The highest BCUT2D eigenvalue weighted by molar-refractivity contribution is 9.10. The number of hydrogen-bond acceptors (Lipinski definition) is 3. The summed E-state index contributed by atoms with van der Waals surface area (Å²) in [4.78, 5) is 4.74. The second kappa shape index (κ2) is 5.34. The van der Waals surface area contributed by atoms with Gasteiger partial charge in [0.15, 0.2) is 5.82 Å². The number of aromatic nitrogens is 3. The summed E-state index contributed by atoms with van der Waals surface area (Å²) in [7, 11) is 0. The number of halogens is 1. The Morgan fingerprint density at radius 2 is 2.15 bits per heavy atom. The first kappa shape index (κ1) is 13.3. The van der Waals surface area contributed by atoms with Crippen LogP contribution in [0.4, 0.5) is 0 Å². The summed E-state index contributed by atoms with van der Waals surface area (Å²) in [6.45, 7) is 2.00. The van der Waals surface area contributed by atoms with Crippen molar-refractivity contribution in [3.8, 4) is 5.82 Å². The lowest BCUT2D eigenvalue weighted by molar-refractivity contribution is 0.722. The van der Waals surface area contributed by atoms with Crippen LogP contribution in [0.15, 0.2) is 47.2 Å². The van der Waals surface area contributed by atoms with Crippen LogP contribution in [0.1, 0.15) is 12.5 Å². The van der Waals surface area contributed by atoms with Crippen molar-refractivity contribution < 1.29 is 0 Å². The highest BCUT2D eigenvalue weighted by Gasteiger charge is 2.11. The number of hydrogen-bond donors (Lipinski definition) is 1. The summed E-state index contributed by atoms with van der Waals surface area (Å²) < 4.78 is 2.72. The van der Waals surface area contributed by atoms with Crippen LogP contribution in [0.2, 0.25) is 0 Å². The molecule has 4 nitrogen and oxygen atoms in total. The van der Waals surface area contributed by atoms with Gasteiger partial charge in [0.2, 0.25) is 0 Å². The lowest BCUT2D eigenvalue weighted by Crippen LogP contribution is -2.19. The van der Waals surface area contributed by atoms with E-state index in [1.54, 1.807) is 10.9 Å². The van der Waals surface area contributed by atoms with Crippen LogP contribution in [0, 0.1) is 0 Å². The van der Waals surface area contributed by atoms with Crippen LogP contribution in [-0.4, -0.2) is 20.8 Å². The molecule has 0 saturated carbocycles. The fraction of sp³-hybridized carbons (Fsp3) is 0.200. The van der Waals surface area contributed by atoms with Crippen molar-refractivity contribution in [3.63, 3.8) is 0 Å². The minimum absolute atomic E-state index is 0.0794. The molecule has 0 amide bonds. The quantitative estimate of drug-likeness (QED) is 0.802. The Labute approximate surface area is 125 Å². The minimum atomic E-state index is 0.0794. The summed E-state index contributed by atoms with van der Waals surface area (Å²) in [5.41, 5.74) is 8.02. The molecule has 2 heterocycles. The SMILES string of the molecule is CC(N)Cc1cc2ccccc2nc1-n1cc(Br)cn1. The van der Waals surface area contributed by atoms with Gasteiger partial charge in [0.05, 0.1) is 16.2 Å². The van der Waals surface area contributed by atoms with Gasteiger partial charge in [0.1, 0.15) is 0 Å². The molecule has 0 saturated heterocycles. The van der Waals surface area contributed by atoms with Gasteiger partial charge in [-0.3, -0.25) is 0 Å². The molecule has 0 fully saturated rings. The average Bonchev–Trinajstić information content (AvgIpc) is 2.84. The molecule has 1 atom stereocenters. The third-order valence-electron chi connectivity index (χ3n) is 3.09. The Hall–Kier alpha value is -1.72. The largest absolute Gasteiger partial charge is 0.328 e. The van der Waals surface area contributed by atoms with E-state index in [-0.39, 0.29) is 6.04 Å². The third kappa shape index (κ3) is 2.59. The van der Waals surface area contributed by atoms with Gasteiger partial charge >= 0.3 is 0 Å². The van der Waals surface area contributed by atoms with Crippen LogP contribution in [0.25, 0.3) is 16.7 Å². The Bertz CT molecular complexity index is 748. The summed E-state index contributed by atoms with van der Waals surface area (Å²) >= 11 is 3.42. The first-order valence-electron chi connectivity index (χ1n) is 6.48. The van der Waals surface area contributed by atoms with E-state index >= 15 is 0 Å². The van der Waals surface area contributed by atoms with Gasteiger partial charge in [0.25, 0.3) is 0 Å². The highest BCUT2D eigenvalue weighted by Crippen LogP contribution is 2.21. The molecule has 0 aliphatic rings. The molecule has 2 N–H and O–H groups in total. The fourth-order valence-corrected chi connectivity index (χ4v) is 2.55. The van der Waals surface area contributed by atoms with E-state index in [0.717, 1.165) is 33.2 Å². The maximum absolute atomic E-state index is 5.95. The highest BCUT2D eigenvalue weighted by atomic mass is 79.9. The van der Waals surface area contributed by atoms with E-state index < -0.39 is 0 Å². The van der Waals surface area contributed by atoms with E-state index in [9.17, 15) is 0 Å². The molecule has 0 radical (unpaired) electrons. The Morgan fingerprint density at radius 1 is 1.35 bits per heavy atom. The van der Waals surface area contributed by atoms with Crippen molar-refractivity contribution in [2.24, 2.45) is 5.73 Å². The standard InChI is InChI=1S/C15H15BrN4/c1-10(17)6-12-7-11-4-2-3-5-14(11)19-15(12)20-9-13(16)8-18-20/h2-5,7-10H,6,17H2,1H3. The van der Waals surface area contributed by atoms with Gasteiger partial charge in [0, 0.05) is 17.6 Å². The number of benzene rings is 1. The molecule has 1 aromatic carbocycles. The van der Waals surface area contributed by atoms with Crippen LogP contribution in [-0.2, 0) is 6.42 Å². The minimum Gasteiger partial charge on any atom is -0.328 e. The van der Waals surface area contributed by atoms with E-state index in [4.69, 9.17) is 10.7 Å². The molecule has 0 aliphatic carbocycles. The molecule has 2 aromatic heterocycles. The number of para-hydroxylation sites is 1. The van der Waals surface area contributed by atoms with Gasteiger partial charge in [-0.15, -0.1) is 0 Å². The van der Waals surface area contributed by atoms with Crippen LogP contribution < -0.4 is 5.73 Å². The first-order valence-corrected chi connectivity index (χ1v) is 7.27. The van der Waals surface area contributed by atoms with Gasteiger partial charge in [-0.05, 0) is 47.0 Å². The lowest BCUT2D eigenvalue weighted by atomic mass is 10.1. The molecule has 5 heteroatoms. The first-order chi connectivity index (χ1) is 9.63. The second-order valence-electron chi connectivity index (χ2n) is 4.95. The number of rotatable bonds is 3. The molecule has 102 valence electrons. The van der Waals surface area contributed by atoms with E-state index in [2.05, 4.69) is 33.2 Å². The fourth-order valence-electron chi connectivity index (χ4n) is 2.26. The molecule has 3 rings (SSSR count). The third-order valence-corrected chi connectivity index (χ3v) is 3.50. The number of nitrogens with two attached hydrogens (primary N) is 1. The van der Waals surface area contributed by atoms with E-state index in [1.165, 1.54) is 0 Å². The molecule has 3 aromatic rings. The zero-order chi connectivity index (χ0) is 14.1. The molecule has 1 unspecified atom stereocenters. The smallest absolute Gasteiger partial charge is 0.157 e. The monoisotopic (exact) mass is 330 g/mol. The second-order valence-corrected chi connectivity index (χ2v) is 5.86. The maximum Gasteiger partial charge on any atom is 0.157 e. The Morgan fingerprint density at radius 3 is 2.85 bits per heavy atom. The maximum atomic E-state index is 5.95.